The van der Waals surface area contributed by atoms with Crippen LogP contribution in [0.3, 0.4) is 0 Å². The maximum atomic E-state index is 3.65. The predicted molar refractivity (Wildman–Crippen MR) is 74.4 cm³/mol. The van der Waals surface area contributed by atoms with E-state index in [0.29, 0.717) is 5.54 Å². The zero-order chi connectivity index (χ0) is 12.1. The average Bonchev–Trinajstić information content (AvgIpc) is 2.39. The van der Waals surface area contributed by atoms with E-state index in [9.17, 15) is 0 Å². The molecule has 1 heterocycles. The Labute approximate surface area is 107 Å². The summed E-state index contributed by atoms with van der Waals surface area (Å²) in [6.07, 6.45) is 12.7. The van der Waals surface area contributed by atoms with Gasteiger partial charge in [-0.3, -0.25) is 0 Å². The molecule has 1 saturated carbocycles. The first-order valence-corrected chi connectivity index (χ1v) is 7.69. The molecule has 2 nitrogen and oxygen atoms in total. The van der Waals surface area contributed by atoms with Crippen LogP contribution in [-0.4, -0.2) is 36.6 Å². The van der Waals surface area contributed by atoms with Crippen LogP contribution in [0.5, 0.6) is 0 Å². The third kappa shape index (κ3) is 3.45. The highest BCUT2D eigenvalue weighted by atomic mass is 15.2. The summed E-state index contributed by atoms with van der Waals surface area (Å²) in [5, 5.41) is 3.65. The lowest BCUT2D eigenvalue weighted by molar-refractivity contribution is 0.127. The number of hydrogen-bond donors (Lipinski definition) is 1. The molecule has 1 aliphatic carbocycles. The van der Waals surface area contributed by atoms with E-state index in [1.165, 1.54) is 70.9 Å². The van der Waals surface area contributed by atoms with Crippen molar-refractivity contribution in [2.24, 2.45) is 0 Å². The molecular weight excluding hydrogens is 208 g/mol. The number of hydrogen-bond acceptors (Lipinski definition) is 2. The van der Waals surface area contributed by atoms with Crippen LogP contribution in [0.1, 0.15) is 64.7 Å². The Morgan fingerprint density at radius 2 is 1.88 bits per heavy atom. The predicted octanol–water partition coefficient (Wildman–Crippen LogP) is 3.17. The van der Waals surface area contributed by atoms with Gasteiger partial charge in [0.1, 0.15) is 0 Å². The van der Waals surface area contributed by atoms with Gasteiger partial charge in [0.25, 0.3) is 0 Å². The van der Waals surface area contributed by atoms with Gasteiger partial charge in [0.15, 0.2) is 0 Å². The summed E-state index contributed by atoms with van der Waals surface area (Å²) >= 11 is 0. The molecule has 2 heteroatoms. The molecule has 2 rings (SSSR count). The summed E-state index contributed by atoms with van der Waals surface area (Å²) in [5.41, 5.74) is 0.468. The van der Waals surface area contributed by atoms with Crippen molar-refractivity contribution in [3.63, 3.8) is 0 Å². The van der Waals surface area contributed by atoms with Crippen molar-refractivity contribution in [1.82, 2.24) is 10.2 Å². The summed E-state index contributed by atoms with van der Waals surface area (Å²) in [6.45, 7) is 5.05. The lowest BCUT2D eigenvalue weighted by atomic mass is 9.79. The molecule has 2 aliphatic rings. The molecule has 1 unspecified atom stereocenters. The van der Waals surface area contributed by atoms with Crippen molar-refractivity contribution in [3.8, 4) is 0 Å². The van der Waals surface area contributed by atoms with Gasteiger partial charge in [-0.25, -0.2) is 0 Å². The van der Waals surface area contributed by atoms with Crippen molar-refractivity contribution in [2.45, 2.75) is 76.3 Å². The molecule has 100 valence electrons. The van der Waals surface area contributed by atoms with E-state index in [0.717, 1.165) is 6.04 Å². The lowest BCUT2D eigenvalue weighted by Crippen LogP contribution is -2.48. The first-order chi connectivity index (χ1) is 8.26. The van der Waals surface area contributed by atoms with Gasteiger partial charge in [-0.05, 0) is 52.6 Å². The first-order valence-electron chi connectivity index (χ1n) is 7.69. The Morgan fingerprint density at radius 3 is 2.53 bits per heavy atom. The van der Waals surface area contributed by atoms with Crippen molar-refractivity contribution in [1.29, 1.82) is 0 Å². The number of piperidine rings is 1. The molecule has 0 bridgehead atoms. The fourth-order valence-corrected chi connectivity index (χ4v) is 3.70. The maximum Gasteiger partial charge on any atom is 0.0190 e. The number of nitrogens with zero attached hydrogens (tertiary/aromatic N) is 1. The van der Waals surface area contributed by atoms with Crippen LogP contribution in [0.25, 0.3) is 0 Å². The topological polar surface area (TPSA) is 15.3 Å². The van der Waals surface area contributed by atoms with Gasteiger partial charge in [-0.1, -0.05) is 25.7 Å². The molecular formula is C15H30N2. The van der Waals surface area contributed by atoms with E-state index in [2.05, 4.69) is 24.2 Å². The second-order valence-electron chi connectivity index (χ2n) is 6.22. The zero-order valence-corrected chi connectivity index (χ0v) is 11.8. The summed E-state index contributed by atoms with van der Waals surface area (Å²) < 4.78 is 0. The SMILES string of the molecule is CNC1(CCN2CCCCC2C)CCCCC1. The highest BCUT2D eigenvalue weighted by Crippen LogP contribution is 2.31. The van der Waals surface area contributed by atoms with Crippen LogP contribution in [0.15, 0.2) is 0 Å². The summed E-state index contributed by atoms with van der Waals surface area (Å²) in [5.74, 6) is 0. The minimum atomic E-state index is 0.468. The Kier molecular flexibility index (Phi) is 4.87. The van der Waals surface area contributed by atoms with Gasteiger partial charge in [0.2, 0.25) is 0 Å². The molecule has 0 radical (unpaired) electrons. The molecule has 0 aromatic rings. The third-order valence-electron chi connectivity index (χ3n) is 5.16. The van der Waals surface area contributed by atoms with E-state index in [1.54, 1.807) is 0 Å². The minimum absolute atomic E-state index is 0.468. The smallest absolute Gasteiger partial charge is 0.0190 e. The van der Waals surface area contributed by atoms with Gasteiger partial charge < -0.3 is 10.2 Å². The molecule has 17 heavy (non-hydrogen) atoms. The minimum Gasteiger partial charge on any atom is -0.314 e. The largest absolute Gasteiger partial charge is 0.314 e. The Morgan fingerprint density at radius 1 is 1.12 bits per heavy atom. The molecule has 0 amide bonds. The molecule has 1 N–H and O–H groups in total. The van der Waals surface area contributed by atoms with Gasteiger partial charge in [0, 0.05) is 18.1 Å². The van der Waals surface area contributed by atoms with Crippen molar-refractivity contribution in [2.75, 3.05) is 20.1 Å². The standard InChI is InChI=1S/C15H30N2/c1-14-8-4-7-12-17(14)13-11-15(16-2)9-5-3-6-10-15/h14,16H,3-13H2,1-2H3. The molecule has 2 fully saturated rings. The lowest BCUT2D eigenvalue weighted by Gasteiger charge is -2.41. The summed E-state index contributed by atoms with van der Waals surface area (Å²) in [4.78, 5) is 2.72. The van der Waals surface area contributed by atoms with E-state index < -0.39 is 0 Å². The van der Waals surface area contributed by atoms with Crippen LogP contribution in [0.4, 0.5) is 0 Å². The third-order valence-corrected chi connectivity index (χ3v) is 5.16. The maximum absolute atomic E-state index is 3.65. The summed E-state index contributed by atoms with van der Waals surface area (Å²) in [7, 11) is 2.17. The van der Waals surface area contributed by atoms with Crippen molar-refractivity contribution >= 4 is 0 Å². The van der Waals surface area contributed by atoms with Crippen LogP contribution in [0.2, 0.25) is 0 Å². The van der Waals surface area contributed by atoms with Gasteiger partial charge in [-0.15, -0.1) is 0 Å². The molecule has 1 saturated heterocycles. The van der Waals surface area contributed by atoms with E-state index in [4.69, 9.17) is 0 Å². The van der Waals surface area contributed by atoms with Crippen LogP contribution in [0, 0.1) is 0 Å². The Bertz CT molecular complexity index is 221. The quantitative estimate of drug-likeness (QED) is 0.809. The molecule has 0 spiro atoms. The fourth-order valence-electron chi connectivity index (χ4n) is 3.70. The van der Waals surface area contributed by atoms with E-state index >= 15 is 0 Å². The van der Waals surface area contributed by atoms with Crippen molar-refractivity contribution in [3.05, 3.63) is 0 Å². The molecule has 0 aromatic carbocycles. The average molecular weight is 238 g/mol. The Hall–Kier alpha value is -0.0800. The highest BCUT2D eigenvalue weighted by Gasteiger charge is 2.31. The van der Waals surface area contributed by atoms with E-state index in [1.807, 2.05) is 0 Å². The Balaban J connectivity index is 1.82. The van der Waals surface area contributed by atoms with E-state index in [-0.39, 0.29) is 0 Å². The summed E-state index contributed by atoms with van der Waals surface area (Å²) in [6, 6.07) is 0.821. The molecule has 0 aromatic heterocycles. The first kappa shape index (κ1) is 13.4. The van der Waals surface area contributed by atoms with Crippen LogP contribution < -0.4 is 5.32 Å². The van der Waals surface area contributed by atoms with Crippen LogP contribution >= 0.6 is 0 Å². The molecule has 1 aliphatic heterocycles. The second-order valence-corrected chi connectivity index (χ2v) is 6.22. The van der Waals surface area contributed by atoms with Crippen molar-refractivity contribution < 1.29 is 0 Å². The number of nitrogens with one attached hydrogen (secondary N) is 1. The number of rotatable bonds is 4. The number of likely N-dealkylation sites (tertiary alicyclic amines) is 1. The van der Waals surface area contributed by atoms with Gasteiger partial charge in [0.05, 0.1) is 0 Å². The fraction of sp³-hybridized carbons (Fsp3) is 1.00. The molecule has 1 atom stereocenters. The van der Waals surface area contributed by atoms with Gasteiger partial charge >= 0.3 is 0 Å². The highest BCUT2D eigenvalue weighted by molar-refractivity contribution is 4.91. The van der Waals surface area contributed by atoms with Crippen LogP contribution in [-0.2, 0) is 0 Å². The normalized spacial score (nSPS) is 30.4. The van der Waals surface area contributed by atoms with Gasteiger partial charge in [-0.2, -0.15) is 0 Å². The zero-order valence-electron chi connectivity index (χ0n) is 11.8. The second kappa shape index (κ2) is 6.19. The monoisotopic (exact) mass is 238 g/mol.